The first-order valence-corrected chi connectivity index (χ1v) is 7.22. The molecule has 0 saturated carbocycles. The lowest BCUT2D eigenvalue weighted by Gasteiger charge is -2.28. The predicted octanol–water partition coefficient (Wildman–Crippen LogP) is 2.30. The Morgan fingerprint density at radius 2 is 2.42 bits per heavy atom. The predicted molar refractivity (Wildman–Crippen MR) is 80.6 cm³/mol. The molecule has 1 fully saturated rings. The van der Waals surface area contributed by atoms with E-state index in [0.717, 1.165) is 18.8 Å². The largest absolute Gasteiger partial charge is 0.496 e. The molecular weight excluding hydrogens is 284 g/mol. The molecular formula is C13H21ClN2O2S. The number of nitrogens with one attached hydrogen (secondary N) is 2. The topological polar surface area (TPSA) is 50.4 Å². The molecule has 1 aliphatic heterocycles. The smallest absolute Gasteiger partial charge is 0.261 e. The van der Waals surface area contributed by atoms with E-state index in [1.165, 1.54) is 24.2 Å². The summed E-state index contributed by atoms with van der Waals surface area (Å²) in [6, 6.07) is 1.99. The van der Waals surface area contributed by atoms with Gasteiger partial charge in [-0.05, 0) is 38.8 Å². The van der Waals surface area contributed by atoms with Crippen LogP contribution in [-0.2, 0) is 0 Å². The molecule has 108 valence electrons. The van der Waals surface area contributed by atoms with Gasteiger partial charge in [0.15, 0.2) is 0 Å². The Morgan fingerprint density at radius 3 is 3.00 bits per heavy atom. The standard InChI is InChI=1S/C13H20N2O2S.ClH/c1-9(10-4-3-5-14-7-10)15-13(16)12-6-11(17-2)8-18-12;/h6,8-10,14H,3-5,7H2,1-2H3,(H,15,16);1H. The second kappa shape index (κ2) is 7.72. The summed E-state index contributed by atoms with van der Waals surface area (Å²) in [6.07, 6.45) is 2.37. The van der Waals surface area contributed by atoms with Crippen molar-refractivity contribution in [3.63, 3.8) is 0 Å². The normalized spacial score (nSPS) is 20.2. The van der Waals surface area contributed by atoms with E-state index in [4.69, 9.17) is 4.74 Å². The first kappa shape index (κ1) is 16.3. The third-order valence-corrected chi connectivity index (χ3v) is 4.34. The molecule has 19 heavy (non-hydrogen) atoms. The monoisotopic (exact) mass is 304 g/mol. The van der Waals surface area contributed by atoms with Gasteiger partial charge in [-0.1, -0.05) is 0 Å². The minimum absolute atomic E-state index is 0. The molecule has 0 radical (unpaired) electrons. The molecule has 1 saturated heterocycles. The van der Waals surface area contributed by atoms with Crippen LogP contribution in [0.2, 0.25) is 0 Å². The molecule has 0 aliphatic carbocycles. The maximum Gasteiger partial charge on any atom is 0.261 e. The lowest BCUT2D eigenvalue weighted by Crippen LogP contribution is -2.44. The number of rotatable bonds is 4. The van der Waals surface area contributed by atoms with E-state index in [-0.39, 0.29) is 24.4 Å². The van der Waals surface area contributed by atoms with Gasteiger partial charge in [0.25, 0.3) is 5.91 Å². The van der Waals surface area contributed by atoms with E-state index in [1.807, 2.05) is 5.38 Å². The Kier molecular flexibility index (Phi) is 6.62. The lowest BCUT2D eigenvalue weighted by atomic mass is 9.93. The van der Waals surface area contributed by atoms with Gasteiger partial charge in [-0.2, -0.15) is 0 Å². The fraction of sp³-hybridized carbons (Fsp3) is 0.615. The van der Waals surface area contributed by atoms with Crippen molar-refractivity contribution in [2.75, 3.05) is 20.2 Å². The van der Waals surface area contributed by atoms with Gasteiger partial charge in [-0.25, -0.2) is 0 Å². The van der Waals surface area contributed by atoms with Crippen LogP contribution in [0.25, 0.3) is 0 Å². The zero-order valence-electron chi connectivity index (χ0n) is 11.3. The molecule has 1 aromatic rings. The van der Waals surface area contributed by atoms with E-state index in [9.17, 15) is 4.79 Å². The first-order chi connectivity index (χ1) is 8.70. The first-order valence-electron chi connectivity index (χ1n) is 6.35. The van der Waals surface area contributed by atoms with E-state index < -0.39 is 0 Å². The summed E-state index contributed by atoms with van der Waals surface area (Å²) in [5.41, 5.74) is 0. The van der Waals surface area contributed by atoms with Gasteiger partial charge in [0.1, 0.15) is 5.75 Å². The minimum atomic E-state index is 0. The van der Waals surface area contributed by atoms with Gasteiger partial charge >= 0.3 is 0 Å². The van der Waals surface area contributed by atoms with Crippen LogP contribution in [0, 0.1) is 5.92 Å². The van der Waals surface area contributed by atoms with Crippen LogP contribution in [0.1, 0.15) is 29.4 Å². The number of piperidine rings is 1. The molecule has 1 aliphatic rings. The summed E-state index contributed by atoms with van der Waals surface area (Å²) in [4.78, 5) is 12.8. The van der Waals surface area contributed by atoms with E-state index in [2.05, 4.69) is 17.6 Å². The van der Waals surface area contributed by atoms with Crippen molar-refractivity contribution in [3.05, 3.63) is 16.3 Å². The molecule has 4 nitrogen and oxygen atoms in total. The van der Waals surface area contributed by atoms with Crippen molar-refractivity contribution in [1.82, 2.24) is 10.6 Å². The van der Waals surface area contributed by atoms with Crippen LogP contribution in [0.3, 0.4) is 0 Å². The van der Waals surface area contributed by atoms with Crippen molar-refractivity contribution >= 4 is 29.7 Å². The third-order valence-electron chi connectivity index (χ3n) is 3.44. The third kappa shape index (κ3) is 4.37. The van der Waals surface area contributed by atoms with Crippen molar-refractivity contribution < 1.29 is 9.53 Å². The van der Waals surface area contributed by atoms with Crippen LogP contribution in [0.4, 0.5) is 0 Å². The number of carbonyl (C=O) groups excluding carboxylic acids is 1. The van der Waals surface area contributed by atoms with Crippen LogP contribution in [-0.4, -0.2) is 32.1 Å². The van der Waals surface area contributed by atoms with Crippen molar-refractivity contribution in [2.24, 2.45) is 5.92 Å². The highest BCUT2D eigenvalue weighted by Gasteiger charge is 2.22. The fourth-order valence-electron chi connectivity index (χ4n) is 2.25. The van der Waals surface area contributed by atoms with Gasteiger partial charge in [-0.15, -0.1) is 23.7 Å². The highest BCUT2D eigenvalue weighted by molar-refractivity contribution is 7.12. The fourth-order valence-corrected chi connectivity index (χ4v) is 3.00. The van der Waals surface area contributed by atoms with Crippen molar-refractivity contribution in [3.8, 4) is 5.75 Å². The van der Waals surface area contributed by atoms with Crippen molar-refractivity contribution in [1.29, 1.82) is 0 Å². The number of hydrogen-bond acceptors (Lipinski definition) is 4. The molecule has 2 unspecified atom stereocenters. The van der Waals surface area contributed by atoms with E-state index in [0.29, 0.717) is 10.8 Å². The number of ether oxygens (including phenoxy) is 1. The van der Waals surface area contributed by atoms with Gasteiger partial charge in [-0.3, -0.25) is 4.79 Å². The Morgan fingerprint density at radius 1 is 1.63 bits per heavy atom. The average molecular weight is 305 g/mol. The zero-order chi connectivity index (χ0) is 13.0. The number of carbonyl (C=O) groups is 1. The van der Waals surface area contributed by atoms with Gasteiger partial charge < -0.3 is 15.4 Å². The summed E-state index contributed by atoms with van der Waals surface area (Å²) in [5.74, 6) is 1.28. The number of thiophene rings is 1. The second-order valence-electron chi connectivity index (χ2n) is 4.72. The molecule has 0 aromatic carbocycles. The van der Waals surface area contributed by atoms with Crippen LogP contribution in [0.15, 0.2) is 11.4 Å². The number of halogens is 1. The maximum atomic E-state index is 12.1. The molecule has 0 bridgehead atoms. The summed E-state index contributed by atoms with van der Waals surface area (Å²) >= 11 is 1.42. The Labute approximate surface area is 124 Å². The lowest BCUT2D eigenvalue weighted by molar-refractivity contribution is 0.0926. The summed E-state index contributed by atoms with van der Waals surface area (Å²) in [5, 5.41) is 8.30. The average Bonchev–Trinajstić information content (AvgIpc) is 2.88. The number of hydrogen-bond donors (Lipinski definition) is 2. The van der Waals surface area contributed by atoms with Crippen LogP contribution in [0.5, 0.6) is 5.75 Å². The minimum Gasteiger partial charge on any atom is -0.496 e. The van der Waals surface area contributed by atoms with Gasteiger partial charge in [0, 0.05) is 17.5 Å². The number of amides is 1. The Hall–Kier alpha value is -0.780. The van der Waals surface area contributed by atoms with Crippen LogP contribution >= 0.6 is 23.7 Å². The summed E-state index contributed by atoms with van der Waals surface area (Å²) in [6.45, 7) is 4.18. The Bertz CT molecular complexity index is 405. The van der Waals surface area contributed by atoms with Gasteiger partial charge in [0.2, 0.25) is 0 Å². The summed E-state index contributed by atoms with van der Waals surface area (Å²) in [7, 11) is 1.61. The molecule has 1 aromatic heterocycles. The Balaban J connectivity index is 0.00000180. The molecule has 2 heterocycles. The molecule has 2 atom stereocenters. The number of methoxy groups -OCH3 is 1. The van der Waals surface area contributed by atoms with Gasteiger partial charge in [0.05, 0.1) is 12.0 Å². The SMILES string of the molecule is COc1csc(C(=O)NC(C)C2CCCNC2)c1.Cl. The molecule has 1 amide bonds. The highest BCUT2D eigenvalue weighted by atomic mass is 35.5. The van der Waals surface area contributed by atoms with Crippen molar-refractivity contribution in [2.45, 2.75) is 25.8 Å². The van der Waals surface area contributed by atoms with E-state index in [1.54, 1.807) is 13.2 Å². The zero-order valence-corrected chi connectivity index (χ0v) is 12.9. The maximum absolute atomic E-state index is 12.1. The summed E-state index contributed by atoms with van der Waals surface area (Å²) < 4.78 is 5.09. The molecule has 2 N–H and O–H groups in total. The quantitative estimate of drug-likeness (QED) is 0.897. The van der Waals surface area contributed by atoms with E-state index >= 15 is 0 Å². The molecule has 2 rings (SSSR count). The van der Waals surface area contributed by atoms with Crippen LogP contribution < -0.4 is 15.4 Å². The molecule has 6 heteroatoms. The molecule has 0 spiro atoms. The second-order valence-corrected chi connectivity index (χ2v) is 5.63. The highest BCUT2D eigenvalue weighted by Crippen LogP contribution is 2.21.